The molecular formula is C15H18BrNO2. The van der Waals surface area contributed by atoms with Crippen LogP contribution in [-0.2, 0) is 12.8 Å². The molecule has 2 rings (SSSR count). The topological polar surface area (TPSA) is 48.4 Å². The van der Waals surface area contributed by atoms with E-state index in [1.165, 1.54) is 5.56 Å². The van der Waals surface area contributed by atoms with E-state index in [4.69, 9.17) is 14.9 Å². The fourth-order valence-corrected chi connectivity index (χ4v) is 2.76. The lowest BCUT2D eigenvalue weighted by Crippen LogP contribution is -2.14. The summed E-state index contributed by atoms with van der Waals surface area (Å²) in [7, 11) is 1.66. The molecule has 1 atom stereocenters. The van der Waals surface area contributed by atoms with Gasteiger partial charge < -0.3 is 14.9 Å². The van der Waals surface area contributed by atoms with Crippen LogP contribution in [0.1, 0.15) is 29.9 Å². The highest BCUT2D eigenvalue weighted by molar-refractivity contribution is 9.10. The van der Waals surface area contributed by atoms with Gasteiger partial charge >= 0.3 is 0 Å². The summed E-state index contributed by atoms with van der Waals surface area (Å²) in [5.74, 6) is 1.80. The second-order valence-electron chi connectivity index (χ2n) is 4.43. The summed E-state index contributed by atoms with van der Waals surface area (Å²) < 4.78 is 11.6. The summed E-state index contributed by atoms with van der Waals surface area (Å²) in [6, 6.07) is 7.94. The first-order valence-electron chi connectivity index (χ1n) is 6.30. The Labute approximate surface area is 121 Å². The van der Waals surface area contributed by atoms with Crippen LogP contribution < -0.4 is 10.5 Å². The third-order valence-electron chi connectivity index (χ3n) is 3.17. The van der Waals surface area contributed by atoms with E-state index in [0.29, 0.717) is 0 Å². The predicted molar refractivity (Wildman–Crippen MR) is 79.4 cm³/mol. The molecule has 0 spiro atoms. The molecule has 1 aromatic heterocycles. The maximum Gasteiger partial charge on any atom is 0.133 e. The predicted octanol–water partition coefficient (Wildman–Crippen LogP) is 3.86. The van der Waals surface area contributed by atoms with Gasteiger partial charge in [-0.2, -0.15) is 0 Å². The van der Waals surface area contributed by atoms with Crippen LogP contribution in [0.25, 0.3) is 0 Å². The zero-order chi connectivity index (χ0) is 13.8. The minimum atomic E-state index is -0.0472. The van der Waals surface area contributed by atoms with Gasteiger partial charge in [-0.1, -0.05) is 13.0 Å². The summed E-state index contributed by atoms with van der Waals surface area (Å²) in [6.07, 6.45) is 3.34. The highest BCUT2D eigenvalue weighted by Gasteiger charge is 2.14. The van der Waals surface area contributed by atoms with E-state index in [2.05, 4.69) is 22.9 Å². The van der Waals surface area contributed by atoms with Crippen molar-refractivity contribution >= 4 is 15.9 Å². The number of furan rings is 1. The molecular weight excluding hydrogens is 306 g/mol. The number of hydrogen-bond donors (Lipinski definition) is 1. The van der Waals surface area contributed by atoms with E-state index in [1.54, 1.807) is 13.4 Å². The molecule has 0 aliphatic heterocycles. The maximum absolute atomic E-state index is 6.26. The number of nitrogens with two attached hydrogens (primary N) is 1. The largest absolute Gasteiger partial charge is 0.496 e. The van der Waals surface area contributed by atoms with Crippen molar-refractivity contribution in [2.24, 2.45) is 5.73 Å². The number of methoxy groups -OCH3 is 1. The monoisotopic (exact) mass is 323 g/mol. The van der Waals surface area contributed by atoms with Gasteiger partial charge in [0.1, 0.15) is 11.5 Å². The van der Waals surface area contributed by atoms with E-state index in [0.717, 1.165) is 34.4 Å². The van der Waals surface area contributed by atoms with E-state index in [1.807, 2.05) is 24.3 Å². The third kappa shape index (κ3) is 3.19. The molecule has 0 saturated heterocycles. The van der Waals surface area contributed by atoms with Crippen molar-refractivity contribution in [2.45, 2.75) is 25.8 Å². The number of rotatable bonds is 5. The Morgan fingerprint density at radius 3 is 2.79 bits per heavy atom. The van der Waals surface area contributed by atoms with Crippen LogP contribution in [0.15, 0.2) is 39.4 Å². The Kier molecular flexibility index (Phi) is 4.66. The van der Waals surface area contributed by atoms with Crippen molar-refractivity contribution in [3.05, 3.63) is 51.9 Å². The molecule has 2 N–H and O–H groups in total. The number of ether oxygens (including phenoxy) is 1. The molecule has 0 radical (unpaired) electrons. The van der Waals surface area contributed by atoms with Crippen LogP contribution in [0, 0.1) is 0 Å². The Hall–Kier alpha value is -1.26. The molecule has 0 bridgehead atoms. The molecule has 102 valence electrons. The van der Waals surface area contributed by atoms with Gasteiger partial charge in [-0.15, -0.1) is 0 Å². The van der Waals surface area contributed by atoms with E-state index in [9.17, 15) is 0 Å². The molecule has 1 unspecified atom stereocenters. The van der Waals surface area contributed by atoms with E-state index >= 15 is 0 Å². The van der Waals surface area contributed by atoms with Gasteiger partial charge in [0, 0.05) is 18.0 Å². The second-order valence-corrected chi connectivity index (χ2v) is 5.29. The van der Waals surface area contributed by atoms with Crippen LogP contribution in [0.4, 0.5) is 0 Å². The maximum atomic E-state index is 6.26. The van der Waals surface area contributed by atoms with Crippen LogP contribution in [0.2, 0.25) is 0 Å². The summed E-state index contributed by atoms with van der Waals surface area (Å²) in [5, 5.41) is 0. The molecule has 2 aromatic rings. The molecule has 0 amide bonds. The minimum absolute atomic E-state index is 0.0472. The number of aryl methyl sites for hydroxylation is 1. The summed E-state index contributed by atoms with van der Waals surface area (Å²) in [6.45, 7) is 2.07. The summed E-state index contributed by atoms with van der Waals surface area (Å²) in [4.78, 5) is 0. The molecule has 19 heavy (non-hydrogen) atoms. The average Bonchev–Trinajstić information content (AvgIpc) is 2.87. The molecule has 0 aliphatic carbocycles. The molecule has 0 fully saturated rings. The SMILES string of the molecule is CCc1occc1C(N)Cc1ccc(OC)c(Br)c1. The second kappa shape index (κ2) is 6.26. The highest BCUT2D eigenvalue weighted by Crippen LogP contribution is 2.28. The third-order valence-corrected chi connectivity index (χ3v) is 3.79. The Morgan fingerprint density at radius 2 is 2.16 bits per heavy atom. The lowest BCUT2D eigenvalue weighted by Gasteiger charge is -2.13. The van der Waals surface area contributed by atoms with Gasteiger partial charge in [0.2, 0.25) is 0 Å². The van der Waals surface area contributed by atoms with Crippen molar-refractivity contribution in [3.63, 3.8) is 0 Å². The Balaban J connectivity index is 2.15. The smallest absolute Gasteiger partial charge is 0.133 e. The van der Waals surface area contributed by atoms with Gasteiger partial charge in [0.05, 0.1) is 17.8 Å². The van der Waals surface area contributed by atoms with Crippen LogP contribution in [-0.4, -0.2) is 7.11 Å². The number of halogens is 1. The van der Waals surface area contributed by atoms with Crippen molar-refractivity contribution in [3.8, 4) is 5.75 Å². The summed E-state index contributed by atoms with van der Waals surface area (Å²) in [5.41, 5.74) is 8.52. The quantitative estimate of drug-likeness (QED) is 0.909. The molecule has 0 aliphatic rings. The molecule has 1 aromatic carbocycles. The van der Waals surface area contributed by atoms with Crippen molar-refractivity contribution in [1.29, 1.82) is 0 Å². The molecule has 0 saturated carbocycles. The normalized spacial score (nSPS) is 12.4. The standard InChI is InChI=1S/C15H18BrNO2/c1-3-14-11(6-7-19-14)13(17)9-10-4-5-15(18-2)12(16)8-10/h4-8,13H,3,9,17H2,1-2H3. The highest BCUT2D eigenvalue weighted by atomic mass is 79.9. The number of hydrogen-bond acceptors (Lipinski definition) is 3. The summed E-state index contributed by atoms with van der Waals surface area (Å²) >= 11 is 3.49. The van der Waals surface area contributed by atoms with Gasteiger partial charge in [-0.05, 0) is 46.1 Å². The first kappa shape index (κ1) is 14.2. The van der Waals surface area contributed by atoms with Crippen molar-refractivity contribution in [1.82, 2.24) is 0 Å². The zero-order valence-electron chi connectivity index (χ0n) is 11.2. The lowest BCUT2D eigenvalue weighted by molar-refractivity contribution is 0.412. The van der Waals surface area contributed by atoms with Gasteiger partial charge in [0.15, 0.2) is 0 Å². The van der Waals surface area contributed by atoms with E-state index in [-0.39, 0.29) is 6.04 Å². The Morgan fingerprint density at radius 1 is 1.37 bits per heavy atom. The minimum Gasteiger partial charge on any atom is -0.496 e. The molecule has 4 heteroatoms. The number of benzene rings is 1. The lowest BCUT2D eigenvalue weighted by atomic mass is 9.99. The van der Waals surface area contributed by atoms with Gasteiger partial charge in [-0.25, -0.2) is 0 Å². The van der Waals surface area contributed by atoms with Gasteiger partial charge in [-0.3, -0.25) is 0 Å². The van der Waals surface area contributed by atoms with Crippen LogP contribution in [0.5, 0.6) is 5.75 Å². The molecule has 1 heterocycles. The fraction of sp³-hybridized carbons (Fsp3) is 0.333. The van der Waals surface area contributed by atoms with E-state index < -0.39 is 0 Å². The van der Waals surface area contributed by atoms with Crippen LogP contribution in [0.3, 0.4) is 0 Å². The average molecular weight is 324 g/mol. The first-order valence-corrected chi connectivity index (χ1v) is 7.09. The van der Waals surface area contributed by atoms with Crippen LogP contribution >= 0.6 is 15.9 Å². The van der Waals surface area contributed by atoms with Crippen molar-refractivity contribution in [2.75, 3.05) is 7.11 Å². The molecule has 3 nitrogen and oxygen atoms in total. The fourth-order valence-electron chi connectivity index (χ4n) is 2.17. The van der Waals surface area contributed by atoms with Gasteiger partial charge in [0.25, 0.3) is 0 Å². The zero-order valence-corrected chi connectivity index (χ0v) is 12.7. The first-order chi connectivity index (χ1) is 9.15. The van der Waals surface area contributed by atoms with Crippen molar-refractivity contribution < 1.29 is 9.15 Å². The Bertz CT molecular complexity index is 551.